The van der Waals surface area contributed by atoms with Gasteiger partial charge in [-0.2, -0.15) is 0 Å². The first-order chi connectivity index (χ1) is 13.3. The molecule has 2 rings (SSSR count). The summed E-state index contributed by atoms with van der Waals surface area (Å²) in [5, 5.41) is 4.51. The van der Waals surface area contributed by atoms with Crippen LogP contribution in [0.25, 0.3) is 10.8 Å². The highest BCUT2D eigenvalue weighted by Crippen LogP contribution is 2.28. The van der Waals surface area contributed by atoms with Crippen LogP contribution in [0.5, 0.6) is 5.75 Å². The van der Waals surface area contributed by atoms with E-state index in [2.05, 4.69) is 5.32 Å². The predicted octanol–water partition coefficient (Wildman–Crippen LogP) is 3.28. The molecule has 28 heavy (non-hydrogen) atoms. The third kappa shape index (κ3) is 5.73. The highest BCUT2D eigenvalue weighted by Gasteiger charge is 2.24. The molecule has 2 aromatic rings. The SMILES string of the molecule is CCOC(=O)[C@H](CSC(=O)[C@H](C)c1ccc2cc(OC)ccc2c1)NC(C)=O. The molecule has 6 nitrogen and oxygen atoms in total. The molecule has 0 aliphatic carbocycles. The van der Waals surface area contributed by atoms with Crippen molar-refractivity contribution in [2.24, 2.45) is 0 Å². The molecule has 0 spiro atoms. The molecule has 0 unspecified atom stereocenters. The summed E-state index contributed by atoms with van der Waals surface area (Å²) in [4.78, 5) is 35.9. The Hall–Kier alpha value is -2.54. The summed E-state index contributed by atoms with van der Waals surface area (Å²) in [6.45, 7) is 5.06. The number of hydrogen-bond acceptors (Lipinski definition) is 6. The van der Waals surface area contributed by atoms with Gasteiger partial charge in [0.15, 0.2) is 5.12 Å². The Bertz CT molecular complexity index is 867. The molecule has 0 aromatic heterocycles. The summed E-state index contributed by atoms with van der Waals surface area (Å²) >= 11 is 1.02. The Morgan fingerprint density at radius 2 is 1.79 bits per heavy atom. The number of ether oxygens (including phenoxy) is 2. The number of esters is 1. The number of amides is 1. The smallest absolute Gasteiger partial charge is 0.329 e. The monoisotopic (exact) mass is 403 g/mol. The number of benzene rings is 2. The normalized spacial score (nSPS) is 12.9. The van der Waals surface area contributed by atoms with Gasteiger partial charge < -0.3 is 14.8 Å². The molecular weight excluding hydrogens is 378 g/mol. The van der Waals surface area contributed by atoms with Crippen LogP contribution in [0.2, 0.25) is 0 Å². The van der Waals surface area contributed by atoms with Crippen LogP contribution in [-0.2, 0) is 19.1 Å². The van der Waals surface area contributed by atoms with Crippen molar-refractivity contribution in [3.8, 4) is 5.75 Å². The van der Waals surface area contributed by atoms with E-state index in [0.717, 1.165) is 33.8 Å². The summed E-state index contributed by atoms with van der Waals surface area (Å²) in [6, 6.07) is 10.8. The van der Waals surface area contributed by atoms with Gasteiger partial charge in [-0.3, -0.25) is 9.59 Å². The molecule has 0 aliphatic heterocycles. The maximum Gasteiger partial charge on any atom is 0.329 e. The lowest BCUT2D eigenvalue weighted by Crippen LogP contribution is -2.43. The van der Waals surface area contributed by atoms with Crippen LogP contribution < -0.4 is 10.1 Å². The van der Waals surface area contributed by atoms with E-state index < -0.39 is 12.0 Å². The number of thioether (sulfide) groups is 1. The summed E-state index contributed by atoms with van der Waals surface area (Å²) < 4.78 is 10.2. The summed E-state index contributed by atoms with van der Waals surface area (Å²) in [5.41, 5.74) is 0.891. The van der Waals surface area contributed by atoms with E-state index in [1.807, 2.05) is 43.3 Å². The Morgan fingerprint density at radius 3 is 2.43 bits per heavy atom. The van der Waals surface area contributed by atoms with Gasteiger partial charge in [0.1, 0.15) is 11.8 Å². The van der Waals surface area contributed by atoms with E-state index in [1.54, 1.807) is 14.0 Å². The van der Waals surface area contributed by atoms with Gasteiger partial charge in [-0.25, -0.2) is 4.79 Å². The molecule has 0 fully saturated rings. The van der Waals surface area contributed by atoms with Gasteiger partial charge >= 0.3 is 5.97 Å². The van der Waals surface area contributed by atoms with Gasteiger partial charge in [0, 0.05) is 12.7 Å². The van der Waals surface area contributed by atoms with Crippen LogP contribution in [0.3, 0.4) is 0 Å². The topological polar surface area (TPSA) is 81.7 Å². The first-order valence-electron chi connectivity index (χ1n) is 9.03. The van der Waals surface area contributed by atoms with Gasteiger partial charge in [0.05, 0.1) is 19.6 Å². The zero-order valence-electron chi connectivity index (χ0n) is 16.5. The minimum absolute atomic E-state index is 0.0764. The van der Waals surface area contributed by atoms with Gasteiger partial charge in [-0.1, -0.05) is 43.0 Å². The Balaban J connectivity index is 2.07. The van der Waals surface area contributed by atoms with Crippen molar-refractivity contribution in [3.05, 3.63) is 42.0 Å². The molecule has 0 radical (unpaired) electrons. The molecule has 2 atom stereocenters. The Morgan fingerprint density at radius 1 is 1.11 bits per heavy atom. The van der Waals surface area contributed by atoms with E-state index in [4.69, 9.17) is 9.47 Å². The fraction of sp³-hybridized carbons (Fsp3) is 0.381. The van der Waals surface area contributed by atoms with Gasteiger partial charge in [0.25, 0.3) is 0 Å². The van der Waals surface area contributed by atoms with Crippen molar-refractivity contribution >= 4 is 39.5 Å². The minimum atomic E-state index is -0.845. The Labute approximate surface area is 169 Å². The summed E-state index contributed by atoms with van der Waals surface area (Å²) in [7, 11) is 1.62. The average molecular weight is 404 g/mol. The quantitative estimate of drug-likeness (QED) is 0.681. The Kier molecular flexibility index (Phi) is 7.87. The van der Waals surface area contributed by atoms with E-state index in [-0.39, 0.29) is 29.3 Å². The number of rotatable bonds is 8. The fourth-order valence-corrected chi connectivity index (χ4v) is 3.66. The van der Waals surface area contributed by atoms with Crippen molar-refractivity contribution in [2.45, 2.75) is 32.7 Å². The third-order valence-electron chi connectivity index (χ3n) is 4.27. The number of fused-ring (bicyclic) bond motifs is 1. The average Bonchev–Trinajstić information content (AvgIpc) is 2.69. The van der Waals surface area contributed by atoms with Crippen molar-refractivity contribution in [1.29, 1.82) is 0 Å². The summed E-state index contributed by atoms with van der Waals surface area (Å²) in [6.07, 6.45) is 0. The van der Waals surface area contributed by atoms with Crippen molar-refractivity contribution in [1.82, 2.24) is 5.32 Å². The lowest BCUT2D eigenvalue weighted by Gasteiger charge is -2.17. The fourth-order valence-electron chi connectivity index (χ4n) is 2.72. The number of hydrogen-bond donors (Lipinski definition) is 1. The molecule has 0 saturated carbocycles. The first kappa shape index (κ1) is 21.8. The van der Waals surface area contributed by atoms with Crippen LogP contribution in [0, 0.1) is 0 Å². The molecule has 150 valence electrons. The molecule has 0 saturated heterocycles. The molecule has 0 aliphatic rings. The molecule has 2 aromatic carbocycles. The summed E-state index contributed by atoms with van der Waals surface area (Å²) in [5.74, 6) is -0.319. The van der Waals surface area contributed by atoms with E-state index in [0.29, 0.717) is 0 Å². The van der Waals surface area contributed by atoms with Crippen molar-refractivity contribution in [2.75, 3.05) is 19.5 Å². The molecule has 0 bridgehead atoms. The number of methoxy groups -OCH3 is 1. The lowest BCUT2D eigenvalue weighted by atomic mass is 9.99. The van der Waals surface area contributed by atoms with Crippen LogP contribution in [0.15, 0.2) is 36.4 Å². The number of nitrogens with one attached hydrogen (secondary N) is 1. The van der Waals surface area contributed by atoms with Crippen LogP contribution in [0.4, 0.5) is 0 Å². The highest BCUT2D eigenvalue weighted by atomic mass is 32.2. The second-order valence-corrected chi connectivity index (χ2v) is 7.35. The number of carbonyl (C=O) groups is 3. The van der Waals surface area contributed by atoms with Crippen molar-refractivity contribution < 1.29 is 23.9 Å². The second kappa shape index (κ2) is 10.1. The molecule has 7 heteroatoms. The largest absolute Gasteiger partial charge is 0.497 e. The van der Waals surface area contributed by atoms with E-state index in [1.165, 1.54) is 6.92 Å². The lowest BCUT2D eigenvalue weighted by molar-refractivity contribution is -0.146. The zero-order valence-corrected chi connectivity index (χ0v) is 17.3. The maximum absolute atomic E-state index is 12.6. The van der Waals surface area contributed by atoms with Crippen molar-refractivity contribution in [3.63, 3.8) is 0 Å². The van der Waals surface area contributed by atoms with E-state index >= 15 is 0 Å². The van der Waals surface area contributed by atoms with Crippen LogP contribution in [0.1, 0.15) is 32.3 Å². The first-order valence-corrected chi connectivity index (χ1v) is 10.0. The van der Waals surface area contributed by atoms with Gasteiger partial charge in [0.2, 0.25) is 5.91 Å². The molecular formula is C21H25NO5S. The maximum atomic E-state index is 12.6. The van der Waals surface area contributed by atoms with E-state index in [9.17, 15) is 14.4 Å². The third-order valence-corrected chi connectivity index (χ3v) is 5.40. The van der Waals surface area contributed by atoms with Crippen LogP contribution in [-0.4, -0.2) is 42.5 Å². The highest BCUT2D eigenvalue weighted by molar-refractivity contribution is 8.13. The second-order valence-electron chi connectivity index (χ2n) is 6.33. The number of carbonyl (C=O) groups excluding carboxylic acids is 3. The predicted molar refractivity (Wildman–Crippen MR) is 111 cm³/mol. The molecule has 0 heterocycles. The minimum Gasteiger partial charge on any atom is -0.497 e. The molecule has 1 N–H and O–H groups in total. The van der Waals surface area contributed by atoms with Gasteiger partial charge in [-0.15, -0.1) is 0 Å². The van der Waals surface area contributed by atoms with Gasteiger partial charge in [-0.05, 0) is 35.4 Å². The zero-order chi connectivity index (χ0) is 20.7. The standard InChI is InChI=1S/C21H25NO5S/c1-5-27-20(24)19(22-14(3)23)12-28-21(25)13(2)15-6-7-17-11-18(26-4)9-8-16(17)10-15/h6-11,13,19H,5,12H2,1-4H3,(H,22,23)/t13-,19+/m1/s1. The molecule has 1 amide bonds. The van der Waals surface area contributed by atoms with Crippen LogP contribution >= 0.6 is 11.8 Å².